The molecule has 0 spiro atoms. The van der Waals surface area contributed by atoms with Crippen LogP contribution in [0.25, 0.3) is 5.78 Å². The number of amides is 1. The van der Waals surface area contributed by atoms with Crippen molar-refractivity contribution >= 4 is 23.3 Å². The number of morpholine rings is 1. The van der Waals surface area contributed by atoms with E-state index in [0.717, 1.165) is 54.5 Å². The smallest absolute Gasteiger partial charge is 0.254 e. The number of hydrogen-bond acceptors (Lipinski definition) is 7. The van der Waals surface area contributed by atoms with Gasteiger partial charge in [0.15, 0.2) is 0 Å². The van der Waals surface area contributed by atoms with Gasteiger partial charge in [0.1, 0.15) is 0 Å². The number of nitrogens with two attached hydrogens (primary N) is 1. The molecule has 1 amide bonds. The normalized spacial score (nSPS) is 14.3. The molecule has 2 aromatic heterocycles. The Morgan fingerprint density at radius 3 is 2.70 bits per heavy atom. The van der Waals surface area contributed by atoms with Crippen LogP contribution in [0.4, 0.5) is 11.6 Å². The molecule has 1 saturated heterocycles. The number of ether oxygens (including phenoxy) is 1. The highest BCUT2D eigenvalue weighted by molar-refractivity contribution is 5.79. The second-order valence-corrected chi connectivity index (χ2v) is 7.60. The van der Waals surface area contributed by atoms with Crippen LogP contribution in [0.1, 0.15) is 22.5 Å². The molecule has 1 fully saturated rings. The van der Waals surface area contributed by atoms with Gasteiger partial charge in [0, 0.05) is 49.3 Å². The molecule has 1 aliphatic heterocycles. The number of nitrogens with zero attached hydrogens (tertiary/aromatic N) is 6. The van der Waals surface area contributed by atoms with Gasteiger partial charge in [-0.3, -0.25) is 4.79 Å². The fraction of sp³-hybridized carbons (Fsp3) is 0.429. The molecule has 3 heterocycles. The van der Waals surface area contributed by atoms with Crippen molar-refractivity contribution in [3.05, 3.63) is 46.8 Å². The van der Waals surface area contributed by atoms with Crippen LogP contribution in [0.5, 0.6) is 0 Å². The Labute approximate surface area is 175 Å². The Morgan fingerprint density at radius 1 is 1.20 bits per heavy atom. The molecule has 0 saturated carbocycles. The zero-order chi connectivity index (χ0) is 21.3. The highest BCUT2D eigenvalue weighted by Crippen LogP contribution is 2.23. The van der Waals surface area contributed by atoms with Gasteiger partial charge in [-0.2, -0.15) is 9.50 Å². The molecule has 9 nitrogen and oxygen atoms in total. The molecule has 1 aromatic carbocycles. The highest BCUT2D eigenvalue weighted by Gasteiger charge is 2.20. The number of aryl methyl sites for hydroxylation is 2. The number of nitrogen functional groups attached to an aromatic ring is 1. The van der Waals surface area contributed by atoms with Crippen LogP contribution in [0.15, 0.2) is 24.3 Å². The summed E-state index contributed by atoms with van der Waals surface area (Å²) in [7, 11) is 1.84. The molecule has 3 aromatic rings. The minimum absolute atomic E-state index is 0.0206. The van der Waals surface area contributed by atoms with Gasteiger partial charge in [-0.25, -0.2) is 4.98 Å². The van der Waals surface area contributed by atoms with E-state index < -0.39 is 0 Å². The maximum absolute atomic E-state index is 13.0. The summed E-state index contributed by atoms with van der Waals surface area (Å²) in [5.41, 5.74) is 10.4. The van der Waals surface area contributed by atoms with Crippen LogP contribution in [0, 0.1) is 13.8 Å². The van der Waals surface area contributed by atoms with Crippen molar-refractivity contribution in [1.82, 2.24) is 24.5 Å². The largest absolute Gasteiger partial charge is 0.378 e. The summed E-state index contributed by atoms with van der Waals surface area (Å²) in [6.45, 7) is 7.50. The zero-order valence-corrected chi connectivity index (χ0v) is 17.6. The predicted molar refractivity (Wildman–Crippen MR) is 114 cm³/mol. The number of anilines is 2. The van der Waals surface area contributed by atoms with Gasteiger partial charge in [-0.1, -0.05) is 18.2 Å². The summed E-state index contributed by atoms with van der Waals surface area (Å²) in [6.07, 6.45) is 0.247. The number of fused-ring (bicyclic) bond motifs is 1. The molecule has 0 bridgehead atoms. The van der Waals surface area contributed by atoms with E-state index in [2.05, 4.69) is 32.1 Å². The molecule has 30 heavy (non-hydrogen) atoms. The van der Waals surface area contributed by atoms with E-state index >= 15 is 0 Å². The molecule has 1 aliphatic rings. The summed E-state index contributed by atoms with van der Waals surface area (Å²) in [6, 6.07) is 8.24. The third-order valence-electron chi connectivity index (χ3n) is 5.57. The van der Waals surface area contributed by atoms with E-state index in [9.17, 15) is 4.79 Å². The lowest BCUT2D eigenvalue weighted by atomic mass is 10.1. The van der Waals surface area contributed by atoms with Crippen molar-refractivity contribution in [2.45, 2.75) is 26.8 Å². The summed E-state index contributed by atoms with van der Waals surface area (Å²) in [4.78, 5) is 25.7. The quantitative estimate of drug-likeness (QED) is 0.679. The number of carbonyl (C=O) groups is 1. The summed E-state index contributed by atoms with van der Waals surface area (Å²) >= 11 is 0. The van der Waals surface area contributed by atoms with Gasteiger partial charge in [0.25, 0.3) is 5.78 Å². The first-order chi connectivity index (χ1) is 14.4. The molecule has 0 unspecified atom stereocenters. The number of benzene rings is 1. The van der Waals surface area contributed by atoms with Gasteiger partial charge in [-0.05, 0) is 25.5 Å². The number of hydrogen-bond donors (Lipinski definition) is 1. The topological polar surface area (TPSA) is 102 Å². The minimum atomic E-state index is 0.0206. The maximum atomic E-state index is 13.0. The summed E-state index contributed by atoms with van der Waals surface area (Å²) < 4.78 is 7.07. The second-order valence-electron chi connectivity index (χ2n) is 7.60. The fourth-order valence-corrected chi connectivity index (χ4v) is 3.87. The van der Waals surface area contributed by atoms with Crippen LogP contribution < -0.4 is 10.6 Å². The highest BCUT2D eigenvalue weighted by atomic mass is 16.5. The molecule has 0 atom stereocenters. The van der Waals surface area contributed by atoms with Gasteiger partial charge in [0.05, 0.1) is 19.6 Å². The minimum Gasteiger partial charge on any atom is -0.378 e. The monoisotopic (exact) mass is 409 g/mol. The van der Waals surface area contributed by atoms with Gasteiger partial charge in [-0.15, -0.1) is 5.10 Å². The van der Waals surface area contributed by atoms with Crippen LogP contribution in [0.2, 0.25) is 0 Å². The number of likely N-dealkylation sites (N-methyl/N-ethyl adjacent to an activating group) is 1. The van der Waals surface area contributed by atoms with Crippen molar-refractivity contribution in [2.75, 3.05) is 44.0 Å². The molecular weight excluding hydrogens is 382 g/mol. The zero-order valence-electron chi connectivity index (χ0n) is 17.6. The Balaban J connectivity index is 1.52. The second kappa shape index (κ2) is 8.27. The van der Waals surface area contributed by atoms with Crippen LogP contribution in [-0.4, -0.2) is 63.7 Å². The van der Waals surface area contributed by atoms with Gasteiger partial charge >= 0.3 is 0 Å². The lowest BCUT2D eigenvalue weighted by Crippen LogP contribution is -2.37. The number of rotatable bonds is 5. The average Bonchev–Trinajstić information content (AvgIpc) is 3.12. The fourth-order valence-electron chi connectivity index (χ4n) is 3.87. The van der Waals surface area contributed by atoms with E-state index in [4.69, 9.17) is 10.5 Å². The summed E-state index contributed by atoms with van der Waals surface area (Å²) in [5.74, 6) is 0.643. The lowest BCUT2D eigenvalue weighted by molar-refractivity contribution is -0.129. The Bertz CT molecular complexity index is 1070. The molecule has 9 heteroatoms. The van der Waals surface area contributed by atoms with Crippen molar-refractivity contribution in [3.63, 3.8) is 0 Å². The van der Waals surface area contributed by atoms with Crippen molar-refractivity contribution in [3.8, 4) is 0 Å². The van der Waals surface area contributed by atoms with E-state index in [1.54, 1.807) is 9.42 Å². The number of para-hydroxylation sites is 1. The predicted octanol–water partition coefficient (Wildman–Crippen LogP) is 1.36. The lowest BCUT2D eigenvalue weighted by Gasteiger charge is -2.31. The molecular formula is C21H27N7O2. The van der Waals surface area contributed by atoms with E-state index in [1.807, 2.05) is 33.0 Å². The van der Waals surface area contributed by atoms with E-state index in [0.29, 0.717) is 12.3 Å². The first kappa shape index (κ1) is 20.1. The SMILES string of the molecule is Cc1nc2nc(N)nn2c(C)c1CC(=O)N(C)Cc1ccccc1N1CCOCC1. The standard InChI is InChI=1S/C21H27N7O2/c1-14-17(15(2)28-21(23-14)24-20(22)25-28)12-19(29)26(3)13-16-6-4-5-7-18(16)27-8-10-30-11-9-27/h4-7H,8-13H2,1-3H3,(H2,22,25). The van der Waals surface area contributed by atoms with E-state index in [1.165, 1.54) is 0 Å². The van der Waals surface area contributed by atoms with E-state index in [-0.39, 0.29) is 18.3 Å². The molecule has 4 rings (SSSR count). The molecule has 0 aliphatic carbocycles. The molecule has 158 valence electrons. The first-order valence-corrected chi connectivity index (χ1v) is 10.1. The third kappa shape index (κ3) is 3.93. The van der Waals surface area contributed by atoms with Crippen molar-refractivity contribution < 1.29 is 9.53 Å². The summed E-state index contributed by atoms with van der Waals surface area (Å²) in [5, 5.41) is 4.18. The average molecular weight is 409 g/mol. The third-order valence-corrected chi connectivity index (χ3v) is 5.57. The van der Waals surface area contributed by atoms with Crippen LogP contribution in [-0.2, 0) is 22.5 Å². The van der Waals surface area contributed by atoms with Crippen LogP contribution >= 0.6 is 0 Å². The number of aromatic nitrogens is 4. The van der Waals surface area contributed by atoms with Crippen molar-refractivity contribution in [1.29, 1.82) is 0 Å². The first-order valence-electron chi connectivity index (χ1n) is 10.1. The maximum Gasteiger partial charge on any atom is 0.254 e. The van der Waals surface area contributed by atoms with Gasteiger partial charge in [0.2, 0.25) is 11.9 Å². The Hall–Kier alpha value is -3.20. The Morgan fingerprint density at radius 2 is 1.93 bits per heavy atom. The van der Waals surface area contributed by atoms with Crippen LogP contribution in [0.3, 0.4) is 0 Å². The molecule has 2 N–H and O–H groups in total. The van der Waals surface area contributed by atoms with Crippen molar-refractivity contribution in [2.24, 2.45) is 0 Å². The molecule has 0 radical (unpaired) electrons. The van der Waals surface area contributed by atoms with Gasteiger partial charge < -0.3 is 20.3 Å². The number of carbonyl (C=O) groups excluding carboxylic acids is 1. The Kier molecular flexibility index (Phi) is 5.54.